The molecule has 3 amide bonds. The van der Waals surface area contributed by atoms with Crippen LogP contribution in [-0.2, 0) is 9.59 Å². The topological polar surface area (TPSA) is 126 Å². The number of furan rings is 1. The second-order valence-electron chi connectivity index (χ2n) is 5.91. The number of nitrogens with one attached hydrogen (secondary N) is 1. The minimum Gasteiger partial charge on any atom is -0.459 e. The minimum atomic E-state index is -0.494. The molecule has 1 aromatic heterocycles. The van der Waals surface area contributed by atoms with E-state index in [1.807, 2.05) is 0 Å². The molecule has 2 rings (SSSR count). The molecule has 1 aliphatic rings. The van der Waals surface area contributed by atoms with Gasteiger partial charge in [0, 0.05) is 30.9 Å². The van der Waals surface area contributed by atoms with Crippen molar-refractivity contribution in [3.05, 3.63) is 34.3 Å². The van der Waals surface area contributed by atoms with Gasteiger partial charge in [-0.05, 0) is 31.4 Å². The van der Waals surface area contributed by atoms with Gasteiger partial charge >= 0.3 is 0 Å². The summed E-state index contributed by atoms with van der Waals surface area (Å²) in [7, 11) is 0. The van der Waals surface area contributed by atoms with Crippen molar-refractivity contribution in [3.8, 4) is 0 Å². The number of carbonyl (C=O) groups excluding carboxylic acids is 3. The molecule has 0 saturated carbocycles. The quantitative estimate of drug-likeness (QED) is 0.392. The average Bonchev–Trinajstić information content (AvgIpc) is 3.29. The molecule has 0 aliphatic carbocycles. The number of amides is 3. The van der Waals surface area contributed by atoms with Crippen molar-refractivity contribution in [3.63, 3.8) is 0 Å². The highest BCUT2D eigenvalue weighted by molar-refractivity contribution is 5.94. The van der Waals surface area contributed by atoms with Crippen LogP contribution in [0.1, 0.15) is 42.7 Å². The number of unbranched alkanes of at least 4 members (excludes halogenated alkanes) is 2. The van der Waals surface area contributed by atoms with E-state index in [0.29, 0.717) is 38.8 Å². The molecule has 1 fully saturated rings. The first-order valence-corrected chi connectivity index (χ1v) is 8.53. The van der Waals surface area contributed by atoms with Crippen LogP contribution >= 0.6 is 0 Å². The lowest BCUT2D eigenvalue weighted by Crippen LogP contribution is -2.48. The molecule has 142 valence electrons. The van der Waals surface area contributed by atoms with Crippen LogP contribution in [0.4, 0.5) is 0 Å². The first-order chi connectivity index (χ1) is 12.5. The van der Waals surface area contributed by atoms with Gasteiger partial charge in [-0.25, -0.2) is 5.01 Å². The fraction of sp³-hybridized carbons (Fsp3) is 0.562. The molecule has 0 unspecified atom stereocenters. The van der Waals surface area contributed by atoms with Gasteiger partial charge in [-0.1, -0.05) is 0 Å². The number of hydrogen-bond acceptors (Lipinski definition) is 6. The Labute approximate surface area is 150 Å². The van der Waals surface area contributed by atoms with Gasteiger partial charge in [0.15, 0.2) is 5.76 Å². The number of rotatable bonds is 9. The van der Waals surface area contributed by atoms with Crippen LogP contribution in [0.5, 0.6) is 0 Å². The summed E-state index contributed by atoms with van der Waals surface area (Å²) in [4.78, 5) is 46.2. The van der Waals surface area contributed by atoms with E-state index in [4.69, 9.17) is 4.42 Å². The van der Waals surface area contributed by atoms with Gasteiger partial charge in [-0.2, -0.15) is 0 Å². The van der Waals surface area contributed by atoms with E-state index in [1.54, 1.807) is 6.07 Å². The minimum absolute atomic E-state index is 0.0993. The summed E-state index contributed by atoms with van der Waals surface area (Å²) < 4.78 is 4.95. The molecule has 1 aromatic rings. The van der Waals surface area contributed by atoms with Crippen molar-refractivity contribution in [2.45, 2.75) is 32.1 Å². The summed E-state index contributed by atoms with van der Waals surface area (Å²) in [5.74, 6) is -0.938. The van der Waals surface area contributed by atoms with Crippen molar-refractivity contribution in [2.75, 3.05) is 26.2 Å². The summed E-state index contributed by atoms with van der Waals surface area (Å²) in [5, 5.41) is 15.5. The third-order valence-electron chi connectivity index (χ3n) is 3.98. The van der Waals surface area contributed by atoms with Gasteiger partial charge in [0.2, 0.25) is 12.5 Å². The van der Waals surface area contributed by atoms with Crippen LogP contribution in [-0.4, -0.2) is 58.8 Å². The fourth-order valence-corrected chi connectivity index (χ4v) is 2.70. The van der Waals surface area contributed by atoms with Crippen LogP contribution in [0.25, 0.3) is 0 Å². The Balaban J connectivity index is 1.75. The molecule has 2 heterocycles. The Morgan fingerprint density at radius 3 is 2.54 bits per heavy atom. The summed E-state index contributed by atoms with van der Waals surface area (Å²) in [5.41, 5.74) is 0. The molecule has 26 heavy (non-hydrogen) atoms. The zero-order valence-electron chi connectivity index (χ0n) is 14.4. The number of nitrogens with zero attached hydrogens (tertiary/aromatic N) is 3. The molecule has 1 aliphatic heterocycles. The molecule has 10 nitrogen and oxygen atoms in total. The van der Waals surface area contributed by atoms with Gasteiger partial charge < -0.3 is 9.73 Å². The van der Waals surface area contributed by atoms with E-state index < -0.39 is 5.91 Å². The van der Waals surface area contributed by atoms with Crippen LogP contribution in [0, 0.1) is 10.1 Å². The maximum atomic E-state index is 12.3. The molecule has 0 aromatic carbocycles. The summed E-state index contributed by atoms with van der Waals surface area (Å²) >= 11 is 0. The molecule has 1 saturated heterocycles. The number of nitro groups is 1. The van der Waals surface area contributed by atoms with Gasteiger partial charge in [0.25, 0.3) is 11.8 Å². The van der Waals surface area contributed by atoms with E-state index in [-0.39, 0.29) is 42.0 Å². The molecule has 0 atom stereocenters. The SMILES string of the molecule is O=C(NCC(=O)N1CCCN1C(=O)CCCCC[N+](=O)[O-])c1ccco1. The number of carbonyl (C=O) groups is 3. The molecule has 10 heteroatoms. The maximum Gasteiger partial charge on any atom is 0.287 e. The summed E-state index contributed by atoms with van der Waals surface area (Å²) in [6, 6.07) is 3.06. The first kappa shape index (κ1) is 19.4. The zero-order valence-corrected chi connectivity index (χ0v) is 14.4. The summed E-state index contributed by atoms with van der Waals surface area (Å²) in [6.07, 6.45) is 3.84. The smallest absolute Gasteiger partial charge is 0.287 e. The van der Waals surface area contributed by atoms with Crippen molar-refractivity contribution < 1.29 is 23.7 Å². The molecule has 0 bridgehead atoms. The predicted molar refractivity (Wildman–Crippen MR) is 89.4 cm³/mol. The lowest BCUT2D eigenvalue weighted by molar-refractivity contribution is -0.480. The largest absolute Gasteiger partial charge is 0.459 e. The average molecular weight is 366 g/mol. The zero-order chi connectivity index (χ0) is 18.9. The van der Waals surface area contributed by atoms with E-state index in [2.05, 4.69) is 5.32 Å². The third-order valence-corrected chi connectivity index (χ3v) is 3.98. The van der Waals surface area contributed by atoms with E-state index in [1.165, 1.54) is 22.3 Å². The third kappa shape index (κ3) is 5.57. The van der Waals surface area contributed by atoms with Gasteiger partial charge in [0.1, 0.15) is 0 Å². The Bertz CT molecular complexity index is 645. The Hall–Kier alpha value is -2.91. The molecular formula is C16H22N4O6. The molecule has 0 radical (unpaired) electrons. The Kier molecular flexibility index (Phi) is 7.12. The fourth-order valence-electron chi connectivity index (χ4n) is 2.70. The lowest BCUT2D eigenvalue weighted by Gasteiger charge is -2.28. The van der Waals surface area contributed by atoms with Crippen LogP contribution < -0.4 is 5.32 Å². The monoisotopic (exact) mass is 366 g/mol. The lowest BCUT2D eigenvalue weighted by atomic mass is 10.2. The highest BCUT2D eigenvalue weighted by atomic mass is 16.6. The highest BCUT2D eigenvalue weighted by Gasteiger charge is 2.30. The van der Waals surface area contributed by atoms with Crippen molar-refractivity contribution in [1.82, 2.24) is 15.3 Å². The second-order valence-corrected chi connectivity index (χ2v) is 5.91. The van der Waals surface area contributed by atoms with Crippen molar-refractivity contribution >= 4 is 17.7 Å². The first-order valence-electron chi connectivity index (χ1n) is 8.53. The molecule has 0 spiro atoms. The predicted octanol–water partition coefficient (Wildman–Crippen LogP) is 0.822. The Morgan fingerprint density at radius 2 is 1.88 bits per heavy atom. The summed E-state index contributed by atoms with van der Waals surface area (Å²) in [6.45, 7) is 0.540. The van der Waals surface area contributed by atoms with E-state index in [9.17, 15) is 24.5 Å². The van der Waals surface area contributed by atoms with Crippen LogP contribution in [0.2, 0.25) is 0 Å². The van der Waals surface area contributed by atoms with Crippen molar-refractivity contribution in [1.29, 1.82) is 0 Å². The molecular weight excluding hydrogens is 344 g/mol. The second kappa shape index (κ2) is 9.54. The van der Waals surface area contributed by atoms with Crippen LogP contribution in [0.15, 0.2) is 22.8 Å². The van der Waals surface area contributed by atoms with Crippen molar-refractivity contribution in [2.24, 2.45) is 0 Å². The number of hydrogen-bond donors (Lipinski definition) is 1. The van der Waals surface area contributed by atoms with Gasteiger partial charge in [-0.15, -0.1) is 0 Å². The standard InChI is InChI=1S/C16H22N4O6/c21-14(7-2-1-3-10-20(24)25)18-8-5-9-19(18)15(22)12-17-16(23)13-6-4-11-26-13/h4,6,11H,1-3,5,7-10,12H2,(H,17,23). The van der Waals surface area contributed by atoms with Crippen LogP contribution in [0.3, 0.4) is 0 Å². The highest BCUT2D eigenvalue weighted by Crippen LogP contribution is 2.14. The maximum absolute atomic E-state index is 12.3. The normalized spacial score (nSPS) is 13.7. The van der Waals surface area contributed by atoms with Gasteiger partial charge in [-0.3, -0.25) is 29.5 Å². The Morgan fingerprint density at radius 1 is 1.15 bits per heavy atom. The van der Waals surface area contributed by atoms with E-state index in [0.717, 1.165) is 0 Å². The van der Waals surface area contributed by atoms with E-state index >= 15 is 0 Å². The molecule has 1 N–H and O–H groups in total. The number of hydrazine groups is 1. The van der Waals surface area contributed by atoms with Gasteiger partial charge in [0.05, 0.1) is 12.8 Å².